The van der Waals surface area contributed by atoms with Crippen molar-refractivity contribution in [3.05, 3.63) is 53.3 Å². The summed E-state index contributed by atoms with van der Waals surface area (Å²) in [6, 6.07) is 11.4. The predicted molar refractivity (Wildman–Crippen MR) is 78.3 cm³/mol. The van der Waals surface area contributed by atoms with E-state index in [0.717, 1.165) is 11.4 Å². The van der Waals surface area contributed by atoms with Crippen molar-refractivity contribution in [2.24, 2.45) is 10.8 Å². The van der Waals surface area contributed by atoms with Gasteiger partial charge >= 0.3 is 0 Å². The Hall–Kier alpha value is -1.85. The van der Waals surface area contributed by atoms with E-state index >= 15 is 0 Å². The average Bonchev–Trinajstić information content (AvgIpc) is 2.78. The lowest BCUT2D eigenvalue weighted by Gasteiger charge is -2.06. The smallest absolute Gasteiger partial charge is 0.184 e. The van der Waals surface area contributed by atoms with Crippen molar-refractivity contribution in [3.8, 4) is 5.69 Å². The molecule has 0 radical (unpaired) electrons. The highest BCUT2D eigenvalue weighted by Crippen LogP contribution is 2.15. The Labute approximate surface area is 115 Å². The molecule has 2 aromatic rings. The lowest BCUT2D eigenvalue weighted by atomic mass is 10.3. The molecule has 0 amide bonds. The number of nitrogens with zero attached hydrogens (tertiary/aromatic N) is 2. The van der Waals surface area contributed by atoms with Crippen molar-refractivity contribution in [1.82, 2.24) is 9.99 Å². The van der Waals surface area contributed by atoms with Gasteiger partial charge in [0.15, 0.2) is 5.11 Å². The minimum Gasteiger partial charge on any atom is -0.375 e. The highest BCUT2D eigenvalue weighted by molar-refractivity contribution is 7.80. The van der Waals surface area contributed by atoms with E-state index in [0.29, 0.717) is 5.02 Å². The first kappa shape index (κ1) is 12.6. The SMILES string of the molecule is NC(=S)N/N=C\c1cccn1-c1ccc(Cl)cc1. The van der Waals surface area contributed by atoms with E-state index < -0.39 is 0 Å². The number of hydrazone groups is 1. The number of halogens is 1. The summed E-state index contributed by atoms with van der Waals surface area (Å²) in [6.07, 6.45) is 3.58. The summed E-state index contributed by atoms with van der Waals surface area (Å²) in [5.41, 5.74) is 9.70. The van der Waals surface area contributed by atoms with Crippen molar-refractivity contribution in [2.75, 3.05) is 0 Å². The number of nitrogens with two attached hydrogens (primary N) is 1. The largest absolute Gasteiger partial charge is 0.375 e. The van der Waals surface area contributed by atoms with E-state index in [1.807, 2.05) is 47.2 Å². The number of nitrogens with one attached hydrogen (secondary N) is 1. The van der Waals surface area contributed by atoms with Crippen molar-refractivity contribution in [3.63, 3.8) is 0 Å². The van der Waals surface area contributed by atoms with Gasteiger partial charge in [-0.15, -0.1) is 0 Å². The van der Waals surface area contributed by atoms with Gasteiger partial charge in [0.2, 0.25) is 0 Å². The third-order valence-corrected chi connectivity index (χ3v) is 2.60. The van der Waals surface area contributed by atoms with Crippen LogP contribution < -0.4 is 11.2 Å². The Balaban J connectivity index is 2.24. The molecule has 0 atom stereocenters. The van der Waals surface area contributed by atoms with Gasteiger partial charge in [-0.25, -0.2) is 0 Å². The van der Waals surface area contributed by atoms with Gasteiger partial charge in [0, 0.05) is 16.9 Å². The zero-order valence-corrected chi connectivity index (χ0v) is 10.9. The van der Waals surface area contributed by atoms with Crippen LogP contribution in [-0.4, -0.2) is 15.9 Å². The average molecular weight is 279 g/mol. The molecule has 1 aromatic heterocycles. The Kier molecular flexibility index (Phi) is 3.96. The lowest BCUT2D eigenvalue weighted by molar-refractivity contribution is 1.02. The van der Waals surface area contributed by atoms with E-state index in [-0.39, 0.29) is 5.11 Å². The molecule has 18 heavy (non-hydrogen) atoms. The van der Waals surface area contributed by atoms with Gasteiger partial charge in [0.05, 0.1) is 11.9 Å². The Morgan fingerprint density at radius 1 is 1.33 bits per heavy atom. The molecule has 6 heteroatoms. The number of aromatic nitrogens is 1. The molecule has 0 fully saturated rings. The number of hydrogen-bond donors (Lipinski definition) is 2. The van der Waals surface area contributed by atoms with E-state index in [1.165, 1.54) is 0 Å². The van der Waals surface area contributed by atoms with Gasteiger partial charge < -0.3 is 10.3 Å². The maximum Gasteiger partial charge on any atom is 0.184 e. The minimum absolute atomic E-state index is 0.135. The summed E-state index contributed by atoms with van der Waals surface area (Å²) in [6.45, 7) is 0. The molecule has 0 bridgehead atoms. The van der Waals surface area contributed by atoms with Crippen LogP contribution in [0.25, 0.3) is 5.69 Å². The first-order valence-electron chi connectivity index (χ1n) is 5.18. The van der Waals surface area contributed by atoms with E-state index in [2.05, 4.69) is 22.7 Å². The Morgan fingerprint density at radius 3 is 2.72 bits per heavy atom. The zero-order valence-electron chi connectivity index (χ0n) is 9.38. The summed E-state index contributed by atoms with van der Waals surface area (Å²) in [4.78, 5) is 0. The van der Waals surface area contributed by atoms with Gasteiger partial charge in [0.1, 0.15) is 0 Å². The fourth-order valence-corrected chi connectivity index (χ4v) is 1.68. The summed E-state index contributed by atoms with van der Waals surface area (Å²) in [5, 5.41) is 4.77. The summed E-state index contributed by atoms with van der Waals surface area (Å²) >= 11 is 10.5. The summed E-state index contributed by atoms with van der Waals surface area (Å²) in [5.74, 6) is 0. The van der Waals surface area contributed by atoms with Gasteiger partial charge in [-0.05, 0) is 48.6 Å². The molecular weight excluding hydrogens is 268 g/mol. The fraction of sp³-hybridized carbons (Fsp3) is 0. The minimum atomic E-state index is 0.135. The van der Waals surface area contributed by atoms with E-state index in [4.69, 9.17) is 17.3 Å². The molecule has 0 spiro atoms. The molecule has 1 aromatic carbocycles. The quantitative estimate of drug-likeness (QED) is 0.515. The molecule has 0 aliphatic heterocycles. The molecule has 0 saturated heterocycles. The Bertz CT molecular complexity index is 574. The molecule has 4 nitrogen and oxygen atoms in total. The van der Waals surface area contributed by atoms with Crippen LogP contribution in [0.15, 0.2) is 47.7 Å². The maximum atomic E-state index is 5.86. The molecule has 0 saturated carbocycles. The van der Waals surface area contributed by atoms with E-state index in [1.54, 1.807) is 6.21 Å². The topological polar surface area (TPSA) is 55.3 Å². The first-order valence-corrected chi connectivity index (χ1v) is 5.97. The first-order chi connectivity index (χ1) is 8.66. The molecule has 3 N–H and O–H groups in total. The monoisotopic (exact) mass is 278 g/mol. The standard InChI is InChI=1S/C12H11ClN4S/c13-9-3-5-10(6-4-9)17-7-1-2-11(17)8-15-16-12(14)18/h1-8H,(H3,14,16,18)/b15-8-. The fourth-order valence-electron chi connectivity index (χ4n) is 1.50. The highest BCUT2D eigenvalue weighted by atomic mass is 35.5. The molecule has 2 rings (SSSR count). The summed E-state index contributed by atoms with van der Waals surface area (Å²) < 4.78 is 1.97. The number of hydrogen-bond acceptors (Lipinski definition) is 2. The van der Waals surface area contributed by atoms with Crippen LogP contribution in [0.1, 0.15) is 5.69 Å². The van der Waals surface area contributed by atoms with Gasteiger partial charge in [0.25, 0.3) is 0 Å². The van der Waals surface area contributed by atoms with Gasteiger partial charge in [-0.2, -0.15) is 5.10 Å². The Morgan fingerprint density at radius 2 is 2.06 bits per heavy atom. The zero-order chi connectivity index (χ0) is 13.0. The highest BCUT2D eigenvalue weighted by Gasteiger charge is 2.00. The molecule has 0 aliphatic carbocycles. The maximum absolute atomic E-state index is 5.86. The third-order valence-electron chi connectivity index (χ3n) is 2.26. The van der Waals surface area contributed by atoms with Gasteiger partial charge in [-0.3, -0.25) is 5.43 Å². The molecule has 1 heterocycles. The van der Waals surface area contributed by atoms with Crippen molar-refractivity contribution < 1.29 is 0 Å². The van der Waals surface area contributed by atoms with Crippen LogP contribution in [0.3, 0.4) is 0 Å². The lowest BCUT2D eigenvalue weighted by Crippen LogP contribution is -2.24. The van der Waals surface area contributed by atoms with Crippen LogP contribution in [0.2, 0.25) is 5.02 Å². The molecular formula is C12H11ClN4S. The second-order valence-corrected chi connectivity index (χ2v) is 4.39. The molecule has 0 unspecified atom stereocenters. The van der Waals surface area contributed by atoms with Crippen molar-refractivity contribution in [2.45, 2.75) is 0 Å². The number of rotatable bonds is 3. The predicted octanol–water partition coefficient (Wildman–Crippen LogP) is 2.30. The summed E-state index contributed by atoms with van der Waals surface area (Å²) in [7, 11) is 0. The van der Waals surface area contributed by atoms with Crippen LogP contribution in [-0.2, 0) is 0 Å². The normalized spacial score (nSPS) is 10.7. The van der Waals surface area contributed by atoms with E-state index in [9.17, 15) is 0 Å². The number of thiocarbonyl (C=S) groups is 1. The second kappa shape index (κ2) is 5.66. The van der Waals surface area contributed by atoms with Crippen molar-refractivity contribution >= 4 is 35.1 Å². The second-order valence-electron chi connectivity index (χ2n) is 3.51. The van der Waals surface area contributed by atoms with Gasteiger partial charge in [-0.1, -0.05) is 11.6 Å². The molecule has 0 aliphatic rings. The van der Waals surface area contributed by atoms with Crippen LogP contribution in [0, 0.1) is 0 Å². The van der Waals surface area contributed by atoms with Crippen LogP contribution >= 0.6 is 23.8 Å². The third kappa shape index (κ3) is 3.09. The van der Waals surface area contributed by atoms with Crippen LogP contribution in [0.5, 0.6) is 0 Å². The van der Waals surface area contributed by atoms with Crippen molar-refractivity contribution in [1.29, 1.82) is 0 Å². The van der Waals surface area contributed by atoms with Crippen LogP contribution in [0.4, 0.5) is 0 Å². The molecule has 92 valence electrons. The number of benzene rings is 1.